The van der Waals surface area contributed by atoms with E-state index >= 15 is 0 Å². The molecular weight excluding hydrogens is 372 g/mol. The van der Waals surface area contributed by atoms with Gasteiger partial charge in [0.15, 0.2) is 0 Å². The monoisotopic (exact) mass is 392 g/mol. The molecule has 1 fully saturated rings. The van der Waals surface area contributed by atoms with Crippen molar-refractivity contribution in [1.82, 2.24) is 10.3 Å². The van der Waals surface area contributed by atoms with Crippen molar-refractivity contribution >= 4 is 34.9 Å². The molecule has 1 N–H and O–H groups in total. The van der Waals surface area contributed by atoms with Gasteiger partial charge in [-0.1, -0.05) is 29.0 Å². The molecule has 26 heavy (non-hydrogen) atoms. The molecule has 1 aliphatic carbocycles. The van der Waals surface area contributed by atoms with Crippen molar-refractivity contribution in [3.05, 3.63) is 40.4 Å². The van der Waals surface area contributed by atoms with Gasteiger partial charge in [0.05, 0.1) is 16.5 Å². The van der Waals surface area contributed by atoms with E-state index in [1.807, 2.05) is 31.2 Å². The summed E-state index contributed by atoms with van der Waals surface area (Å²) in [7, 11) is 0. The lowest BCUT2D eigenvalue weighted by Crippen LogP contribution is -2.28. The van der Waals surface area contributed by atoms with E-state index < -0.39 is 0 Å². The average molecular weight is 393 g/mol. The Morgan fingerprint density at radius 1 is 1.50 bits per heavy atom. The number of amides is 1. The first kappa shape index (κ1) is 18.7. The number of carbonyl (C=O) groups excluding carboxylic acids is 1. The van der Waals surface area contributed by atoms with Gasteiger partial charge in [-0.25, -0.2) is 4.98 Å². The second kappa shape index (κ2) is 8.56. The third kappa shape index (κ3) is 5.75. The van der Waals surface area contributed by atoms with Gasteiger partial charge in [-0.3, -0.25) is 4.79 Å². The highest BCUT2D eigenvalue weighted by molar-refractivity contribution is 7.14. The molecule has 1 aromatic carbocycles. The summed E-state index contributed by atoms with van der Waals surface area (Å²) in [5.41, 5.74) is 0. The van der Waals surface area contributed by atoms with Crippen LogP contribution in [0.1, 0.15) is 31.6 Å². The third-order valence-corrected chi connectivity index (χ3v) is 4.90. The molecule has 3 rings (SSSR count). The normalized spacial score (nSPS) is 15.0. The predicted octanol–water partition coefficient (Wildman–Crippen LogP) is 4.92. The summed E-state index contributed by atoms with van der Waals surface area (Å²) in [4.78, 5) is 16.2. The standard InChI is InChI=1S/C19H21ClN2O3S/c1-12(22-13(2)23)3-7-16-10-21-19(26-16)25-15-6-8-18(17(20)9-15)24-11-14-4-5-14/h3,6-10,12,14H,4-5,11H2,1-2H3,(H,22,23)/b7-3+/t12-/m0/s1. The third-order valence-electron chi connectivity index (χ3n) is 3.76. The van der Waals surface area contributed by atoms with E-state index in [9.17, 15) is 4.79 Å². The topological polar surface area (TPSA) is 60.5 Å². The quantitative estimate of drug-likeness (QED) is 0.692. The Labute approximate surface area is 162 Å². The van der Waals surface area contributed by atoms with Gasteiger partial charge in [0.2, 0.25) is 5.91 Å². The van der Waals surface area contributed by atoms with Gasteiger partial charge in [-0.05, 0) is 43.9 Å². The van der Waals surface area contributed by atoms with Crippen molar-refractivity contribution in [1.29, 1.82) is 0 Å². The van der Waals surface area contributed by atoms with Gasteiger partial charge in [-0.2, -0.15) is 0 Å². The van der Waals surface area contributed by atoms with Crippen LogP contribution in [-0.4, -0.2) is 23.5 Å². The summed E-state index contributed by atoms with van der Waals surface area (Å²) in [5.74, 6) is 1.92. The maximum Gasteiger partial charge on any atom is 0.279 e. The van der Waals surface area contributed by atoms with Crippen LogP contribution in [0.25, 0.3) is 6.08 Å². The summed E-state index contributed by atoms with van der Waals surface area (Å²) in [6.45, 7) is 4.13. The Hall–Kier alpha value is -2.05. The zero-order valence-electron chi connectivity index (χ0n) is 14.7. The molecule has 0 saturated heterocycles. The number of halogens is 1. The number of hydrogen-bond donors (Lipinski definition) is 1. The van der Waals surface area contributed by atoms with E-state index in [0.717, 1.165) is 11.5 Å². The molecule has 138 valence electrons. The lowest BCUT2D eigenvalue weighted by Gasteiger charge is -2.08. The number of thiazole rings is 1. The number of aromatic nitrogens is 1. The fourth-order valence-electron chi connectivity index (χ4n) is 2.26. The van der Waals surface area contributed by atoms with E-state index in [0.29, 0.717) is 27.6 Å². The Kier molecular flexibility index (Phi) is 6.16. The molecule has 1 aliphatic rings. The van der Waals surface area contributed by atoms with Crippen LogP contribution in [0.2, 0.25) is 5.02 Å². The van der Waals surface area contributed by atoms with Crippen molar-refractivity contribution in [2.75, 3.05) is 6.61 Å². The van der Waals surface area contributed by atoms with Crippen molar-refractivity contribution in [2.24, 2.45) is 5.92 Å². The zero-order chi connectivity index (χ0) is 18.5. The molecular formula is C19H21ClN2O3S. The lowest BCUT2D eigenvalue weighted by molar-refractivity contribution is -0.119. The van der Waals surface area contributed by atoms with Gasteiger partial charge in [-0.15, -0.1) is 0 Å². The van der Waals surface area contributed by atoms with Gasteiger partial charge in [0.25, 0.3) is 5.19 Å². The molecule has 0 spiro atoms. The van der Waals surface area contributed by atoms with Gasteiger partial charge in [0, 0.05) is 25.2 Å². The van der Waals surface area contributed by atoms with Crippen LogP contribution in [0.4, 0.5) is 0 Å². The van der Waals surface area contributed by atoms with Crippen LogP contribution in [0.5, 0.6) is 16.7 Å². The van der Waals surface area contributed by atoms with E-state index in [4.69, 9.17) is 21.1 Å². The second-order valence-corrected chi connectivity index (χ2v) is 7.76. The molecule has 0 unspecified atom stereocenters. The first-order valence-corrected chi connectivity index (χ1v) is 9.70. The highest BCUT2D eigenvalue weighted by Crippen LogP contribution is 2.35. The average Bonchev–Trinajstić information content (AvgIpc) is 3.30. The van der Waals surface area contributed by atoms with Crippen molar-refractivity contribution in [2.45, 2.75) is 32.7 Å². The minimum atomic E-state index is -0.0584. The molecule has 1 atom stereocenters. The number of nitrogens with one attached hydrogen (secondary N) is 1. The fraction of sp³-hybridized carbons (Fsp3) is 0.368. The molecule has 7 heteroatoms. The fourth-order valence-corrected chi connectivity index (χ4v) is 3.18. The largest absolute Gasteiger partial charge is 0.492 e. The highest BCUT2D eigenvalue weighted by atomic mass is 35.5. The number of rotatable bonds is 8. The molecule has 1 aromatic heterocycles. The number of ether oxygens (including phenoxy) is 2. The molecule has 5 nitrogen and oxygen atoms in total. The van der Waals surface area contributed by atoms with Crippen LogP contribution >= 0.6 is 22.9 Å². The SMILES string of the molecule is CC(=O)N[C@@H](C)/C=C/c1cnc(Oc2ccc(OCC3CC3)c(Cl)c2)s1. The van der Waals surface area contributed by atoms with E-state index in [1.165, 1.54) is 31.1 Å². The lowest BCUT2D eigenvalue weighted by atomic mass is 10.3. The molecule has 0 bridgehead atoms. The first-order chi connectivity index (χ1) is 12.5. The molecule has 2 aromatic rings. The molecule has 0 aliphatic heterocycles. The van der Waals surface area contributed by atoms with E-state index in [-0.39, 0.29) is 11.9 Å². The Morgan fingerprint density at radius 3 is 3.00 bits per heavy atom. The van der Waals surface area contributed by atoms with Crippen LogP contribution in [0.3, 0.4) is 0 Å². The summed E-state index contributed by atoms with van der Waals surface area (Å²) in [5, 5.41) is 3.85. The van der Waals surface area contributed by atoms with Gasteiger partial charge >= 0.3 is 0 Å². The first-order valence-electron chi connectivity index (χ1n) is 8.51. The molecule has 1 saturated carbocycles. The van der Waals surface area contributed by atoms with Crippen LogP contribution in [0.15, 0.2) is 30.5 Å². The van der Waals surface area contributed by atoms with Crippen LogP contribution in [0, 0.1) is 5.92 Å². The molecule has 0 radical (unpaired) electrons. The van der Waals surface area contributed by atoms with Crippen molar-refractivity contribution in [3.8, 4) is 16.7 Å². The summed E-state index contributed by atoms with van der Waals surface area (Å²) in [6.07, 6.45) is 8.02. The highest BCUT2D eigenvalue weighted by Gasteiger charge is 2.22. The minimum Gasteiger partial charge on any atom is -0.492 e. The summed E-state index contributed by atoms with van der Waals surface area (Å²) < 4.78 is 11.5. The van der Waals surface area contributed by atoms with Crippen LogP contribution in [-0.2, 0) is 4.79 Å². The summed E-state index contributed by atoms with van der Waals surface area (Å²) in [6, 6.07) is 5.34. The number of carbonyl (C=O) groups is 1. The minimum absolute atomic E-state index is 0.0408. The number of nitrogens with zero attached hydrogens (tertiary/aromatic N) is 1. The van der Waals surface area contributed by atoms with E-state index in [2.05, 4.69) is 10.3 Å². The number of benzene rings is 1. The maximum absolute atomic E-state index is 11.0. The smallest absolute Gasteiger partial charge is 0.279 e. The van der Waals surface area contributed by atoms with Crippen molar-refractivity contribution < 1.29 is 14.3 Å². The molecule has 1 amide bonds. The maximum atomic E-state index is 11.0. The van der Waals surface area contributed by atoms with Gasteiger partial charge in [0.1, 0.15) is 11.5 Å². The Bertz CT molecular complexity index is 802. The predicted molar refractivity (Wildman–Crippen MR) is 104 cm³/mol. The van der Waals surface area contributed by atoms with E-state index in [1.54, 1.807) is 12.3 Å². The second-order valence-electron chi connectivity index (χ2n) is 6.33. The Balaban J connectivity index is 1.57. The Morgan fingerprint density at radius 2 is 2.31 bits per heavy atom. The summed E-state index contributed by atoms with van der Waals surface area (Å²) >= 11 is 7.68. The van der Waals surface area contributed by atoms with Gasteiger partial charge < -0.3 is 14.8 Å². The van der Waals surface area contributed by atoms with Crippen molar-refractivity contribution in [3.63, 3.8) is 0 Å². The van der Waals surface area contributed by atoms with Crippen LogP contribution < -0.4 is 14.8 Å². The number of hydrogen-bond acceptors (Lipinski definition) is 5. The zero-order valence-corrected chi connectivity index (χ0v) is 16.3. The molecule has 1 heterocycles.